The Morgan fingerprint density at radius 2 is 2.14 bits per heavy atom. The minimum Gasteiger partial charge on any atom is -0.481 e. The van der Waals surface area contributed by atoms with Crippen molar-refractivity contribution in [2.45, 2.75) is 33.7 Å². The number of hydrogen-bond donors (Lipinski definition) is 2. The monoisotopic (exact) mass is 406 g/mol. The van der Waals surface area contributed by atoms with Gasteiger partial charge in [-0.25, -0.2) is 9.98 Å². The van der Waals surface area contributed by atoms with Crippen LogP contribution in [0.1, 0.15) is 32.8 Å². The lowest BCUT2D eigenvalue weighted by molar-refractivity contribution is 0.397. The molecule has 0 radical (unpaired) electrons. The third kappa shape index (κ3) is 8.75. The van der Waals surface area contributed by atoms with E-state index in [0.717, 1.165) is 31.0 Å². The van der Waals surface area contributed by atoms with E-state index in [2.05, 4.69) is 41.4 Å². The summed E-state index contributed by atoms with van der Waals surface area (Å²) in [5, 5.41) is 6.59. The van der Waals surface area contributed by atoms with Crippen molar-refractivity contribution in [3.05, 3.63) is 23.9 Å². The van der Waals surface area contributed by atoms with E-state index < -0.39 is 0 Å². The third-order valence-corrected chi connectivity index (χ3v) is 2.79. The summed E-state index contributed by atoms with van der Waals surface area (Å²) in [4.78, 5) is 8.66. The second kappa shape index (κ2) is 11.6. The number of guanidine groups is 1. The fraction of sp³-hybridized carbons (Fsp3) is 0.600. The standard InChI is InChI=1S/C15H26N4O.HI/c1-5-16-15(18-8-6-12(2)3)19-11-13-7-9-17-14(10-13)20-4;/h7,9-10,12H,5-6,8,11H2,1-4H3,(H2,16,18,19);1H. The van der Waals surface area contributed by atoms with Crippen LogP contribution in [0, 0.1) is 5.92 Å². The number of halogens is 1. The van der Waals surface area contributed by atoms with Crippen molar-refractivity contribution in [2.24, 2.45) is 10.9 Å². The van der Waals surface area contributed by atoms with Crippen LogP contribution in [-0.2, 0) is 6.54 Å². The average Bonchev–Trinajstić information content (AvgIpc) is 2.44. The Morgan fingerprint density at radius 3 is 2.76 bits per heavy atom. The molecule has 0 fully saturated rings. The first kappa shape index (κ1) is 19.9. The van der Waals surface area contributed by atoms with Crippen LogP contribution < -0.4 is 15.4 Å². The Bertz CT molecular complexity index is 424. The second-order valence-electron chi connectivity index (χ2n) is 5.01. The number of nitrogens with one attached hydrogen (secondary N) is 2. The maximum Gasteiger partial charge on any atom is 0.213 e. The predicted octanol–water partition coefficient (Wildman–Crippen LogP) is 2.81. The maximum atomic E-state index is 5.11. The summed E-state index contributed by atoms with van der Waals surface area (Å²) in [5.74, 6) is 2.16. The molecule has 1 rings (SSSR count). The first-order valence-electron chi connectivity index (χ1n) is 7.16. The number of aromatic nitrogens is 1. The van der Waals surface area contributed by atoms with Gasteiger partial charge < -0.3 is 15.4 Å². The summed E-state index contributed by atoms with van der Waals surface area (Å²) >= 11 is 0. The molecular formula is C15H27IN4O. The molecule has 0 aromatic carbocycles. The number of ether oxygens (including phenoxy) is 1. The van der Waals surface area contributed by atoms with E-state index >= 15 is 0 Å². The lowest BCUT2D eigenvalue weighted by Gasteiger charge is -2.12. The van der Waals surface area contributed by atoms with Gasteiger partial charge in [-0.15, -0.1) is 24.0 Å². The number of aliphatic imine (C=N–C) groups is 1. The number of hydrogen-bond acceptors (Lipinski definition) is 3. The molecule has 1 aromatic rings. The van der Waals surface area contributed by atoms with Crippen molar-refractivity contribution in [3.8, 4) is 5.88 Å². The Hall–Kier alpha value is -1.05. The number of pyridine rings is 1. The van der Waals surface area contributed by atoms with Gasteiger partial charge in [0.15, 0.2) is 5.96 Å². The highest BCUT2D eigenvalue weighted by Gasteiger charge is 2.00. The van der Waals surface area contributed by atoms with Gasteiger partial charge in [0.2, 0.25) is 5.88 Å². The molecule has 1 aromatic heterocycles. The SMILES string of the molecule is CCNC(=NCc1ccnc(OC)c1)NCCC(C)C.I. The predicted molar refractivity (Wildman–Crippen MR) is 98.5 cm³/mol. The van der Waals surface area contributed by atoms with Crippen molar-refractivity contribution in [3.63, 3.8) is 0 Å². The van der Waals surface area contributed by atoms with Gasteiger partial charge in [-0.3, -0.25) is 0 Å². The van der Waals surface area contributed by atoms with Crippen LogP contribution in [-0.4, -0.2) is 31.1 Å². The zero-order valence-corrected chi connectivity index (χ0v) is 15.7. The van der Waals surface area contributed by atoms with Crippen molar-refractivity contribution < 1.29 is 4.74 Å². The first-order chi connectivity index (χ1) is 9.65. The number of rotatable bonds is 7. The van der Waals surface area contributed by atoms with Crippen LogP contribution in [0.5, 0.6) is 5.88 Å². The van der Waals surface area contributed by atoms with E-state index in [1.54, 1.807) is 13.3 Å². The Balaban J connectivity index is 0.00000400. The van der Waals surface area contributed by atoms with E-state index in [4.69, 9.17) is 4.74 Å². The quantitative estimate of drug-likeness (QED) is 0.416. The van der Waals surface area contributed by atoms with Gasteiger partial charge in [-0.05, 0) is 30.9 Å². The molecule has 6 heteroatoms. The first-order valence-corrected chi connectivity index (χ1v) is 7.16. The molecule has 2 N–H and O–H groups in total. The van der Waals surface area contributed by atoms with E-state index in [1.165, 1.54) is 0 Å². The Kier molecular flexibility index (Phi) is 11.0. The zero-order valence-electron chi connectivity index (χ0n) is 13.3. The fourth-order valence-corrected chi connectivity index (χ4v) is 1.65. The van der Waals surface area contributed by atoms with Crippen LogP contribution in [0.15, 0.2) is 23.3 Å². The van der Waals surface area contributed by atoms with Gasteiger partial charge in [0.1, 0.15) is 0 Å². The van der Waals surface area contributed by atoms with Gasteiger partial charge in [-0.2, -0.15) is 0 Å². The maximum absolute atomic E-state index is 5.11. The van der Waals surface area contributed by atoms with Gasteiger partial charge >= 0.3 is 0 Å². The summed E-state index contributed by atoms with van der Waals surface area (Å²) in [6.07, 6.45) is 2.87. The van der Waals surface area contributed by atoms with Crippen LogP contribution in [0.4, 0.5) is 0 Å². The second-order valence-corrected chi connectivity index (χ2v) is 5.01. The van der Waals surface area contributed by atoms with Crippen LogP contribution in [0.2, 0.25) is 0 Å². The minimum absolute atomic E-state index is 0. The molecule has 0 saturated carbocycles. The van der Waals surface area contributed by atoms with Crippen LogP contribution in [0.25, 0.3) is 0 Å². The normalized spacial score (nSPS) is 11.0. The molecule has 0 spiro atoms. The average molecular weight is 406 g/mol. The molecule has 0 amide bonds. The topological polar surface area (TPSA) is 58.5 Å². The number of nitrogens with zero attached hydrogens (tertiary/aromatic N) is 2. The zero-order chi connectivity index (χ0) is 14.8. The Morgan fingerprint density at radius 1 is 1.38 bits per heavy atom. The van der Waals surface area contributed by atoms with Gasteiger partial charge in [-0.1, -0.05) is 13.8 Å². The van der Waals surface area contributed by atoms with Crippen molar-refractivity contribution in [1.82, 2.24) is 15.6 Å². The molecular weight excluding hydrogens is 379 g/mol. The van der Waals surface area contributed by atoms with Crippen molar-refractivity contribution >= 4 is 29.9 Å². The van der Waals surface area contributed by atoms with Crippen LogP contribution >= 0.6 is 24.0 Å². The van der Waals surface area contributed by atoms with E-state index in [-0.39, 0.29) is 24.0 Å². The summed E-state index contributed by atoms with van der Waals surface area (Å²) in [7, 11) is 1.62. The summed E-state index contributed by atoms with van der Waals surface area (Å²) in [5.41, 5.74) is 1.08. The summed E-state index contributed by atoms with van der Waals surface area (Å²) < 4.78 is 5.11. The highest BCUT2D eigenvalue weighted by molar-refractivity contribution is 14.0. The number of methoxy groups -OCH3 is 1. The molecule has 0 atom stereocenters. The molecule has 0 saturated heterocycles. The van der Waals surface area contributed by atoms with Crippen molar-refractivity contribution in [1.29, 1.82) is 0 Å². The molecule has 0 bridgehead atoms. The van der Waals surface area contributed by atoms with Crippen molar-refractivity contribution in [2.75, 3.05) is 20.2 Å². The highest BCUT2D eigenvalue weighted by atomic mass is 127. The summed E-state index contributed by atoms with van der Waals surface area (Å²) in [6.45, 7) is 8.89. The molecule has 0 aliphatic heterocycles. The molecule has 1 heterocycles. The third-order valence-electron chi connectivity index (χ3n) is 2.79. The van der Waals surface area contributed by atoms with Gasteiger partial charge in [0.25, 0.3) is 0 Å². The van der Waals surface area contributed by atoms with Gasteiger partial charge in [0, 0.05) is 25.4 Å². The van der Waals surface area contributed by atoms with Crippen LogP contribution in [0.3, 0.4) is 0 Å². The van der Waals surface area contributed by atoms with E-state index in [9.17, 15) is 0 Å². The molecule has 120 valence electrons. The summed E-state index contributed by atoms with van der Waals surface area (Å²) in [6, 6.07) is 3.85. The van der Waals surface area contributed by atoms with E-state index in [0.29, 0.717) is 18.3 Å². The Labute approximate surface area is 145 Å². The highest BCUT2D eigenvalue weighted by Crippen LogP contribution is 2.09. The lowest BCUT2D eigenvalue weighted by atomic mass is 10.1. The minimum atomic E-state index is 0. The van der Waals surface area contributed by atoms with Gasteiger partial charge in [0.05, 0.1) is 13.7 Å². The molecule has 21 heavy (non-hydrogen) atoms. The van der Waals surface area contributed by atoms with E-state index in [1.807, 2.05) is 12.1 Å². The molecule has 0 aliphatic rings. The molecule has 0 aliphatic carbocycles. The largest absolute Gasteiger partial charge is 0.481 e. The fourth-order valence-electron chi connectivity index (χ4n) is 1.65. The lowest BCUT2D eigenvalue weighted by Crippen LogP contribution is -2.38. The molecule has 0 unspecified atom stereocenters. The molecule has 5 nitrogen and oxygen atoms in total. The smallest absolute Gasteiger partial charge is 0.213 e.